The number of rotatable bonds is 5. The lowest BCUT2D eigenvalue weighted by atomic mass is 10.2. The zero-order valence-electron chi connectivity index (χ0n) is 12.3. The quantitative estimate of drug-likeness (QED) is 0.866. The number of aryl methyl sites for hydroxylation is 1. The lowest BCUT2D eigenvalue weighted by molar-refractivity contribution is -0.125. The highest BCUT2D eigenvalue weighted by atomic mass is 16.2. The minimum absolute atomic E-state index is 0.00347. The van der Waals surface area contributed by atoms with Crippen LogP contribution in [-0.2, 0) is 9.59 Å². The molecule has 3 atom stereocenters. The fourth-order valence-corrected chi connectivity index (χ4v) is 2.18. The Kier molecular flexibility index (Phi) is 4.42. The molecule has 2 amide bonds. The summed E-state index contributed by atoms with van der Waals surface area (Å²) in [6.45, 7) is 5.98. The molecule has 3 unspecified atom stereocenters. The van der Waals surface area contributed by atoms with Crippen molar-refractivity contribution < 1.29 is 9.59 Å². The Morgan fingerprint density at radius 3 is 2.65 bits per heavy atom. The maximum absolute atomic E-state index is 12.1. The average Bonchev–Trinajstić information content (AvgIpc) is 3.18. The topological polar surface area (TPSA) is 58.2 Å². The van der Waals surface area contributed by atoms with Gasteiger partial charge in [0.25, 0.3) is 0 Å². The normalized spacial score (nSPS) is 21.9. The van der Waals surface area contributed by atoms with Gasteiger partial charge < -0.3 is 10.6 Å². The van der Waals surface area contributed by atoms with Gasteiger partial charge >= 0.3 is 0 Å². The van der Waals surface area contributed by atoms with Gasteiger partial charge in [0.05, 0.1) is 11.8 Å². The minimum Gasteiger partial charge on any atom is -0.353 e. The fraction of sp³-hybridized carbons (Fsp3) is 0.500. The van der Waals surface area contributed by atoms with Crippen molar-refractivity contribution in [3.05, 3.63) is 29.8 Å². The van der Waals surface area contributed by atoms with E-state index in [1.807, 2.05) is 45.0 Å². The van der Waals surface area contributed by atoms with Crippen LogP contribution in [0.5, 0.6) is 0 Å². The van der Waals surface area contributed by atoms with Gasteiger partial charge in [-0.05, 0) is 44.4 Å². The number of amides is 2. The first-order chi connectivity index (χ1) is 9.51. The molecule has 1 aromatic carbocycles. The van der Waals surface area contributed by atoms with Crippen molar-refractivity contribution in [2.24, 2.45) is 11.8 Å². The maximum atomic E-state index is 12.1. The Morgan fingerprint density at radius 2 is 2.00 bits per heavy atom. The molecule has 0 heterocycles. The van der Waals surface area contributed by atoms with Gasteiger partial charge in [0.15, 0.2) is 0 Å². The van der Waals surface area contributed by atoms with Crippen molar-refractivity contribution in [1.82, 2.24) is 5.32 Å². The Balaban J connectivity index is 1.85. The van der Waals surface area contributed by atoms with Crippen molar-refractivity contribution in [3.8, 4) is 0 Å². The second kappa shape index (κ2) is 6.07. The van der Waals surface area contributed by atoms with Crippen LogP contribution >= 0.6 is 0 Å². The molecule has 1 saturated carbocycles. The van der Waals surface area contributed by atoms with E-state index in [4.69, 9.17) is 0 Å². The van der Waals surface area contributed by atoms with Gasteiger partial charge in [-0.25, -0.2) is 0 Å². The molecule has 1 fully saturated rings. The van der Waals surface area contributed by atoms with Crippen molar-refractivity contribution in [3.63, 3.8) is 0 Å². The van der Waals surface area contributed by atoms with E-state index < -0.39 is 0 Å². The summed E-state index contributed by atoms with van der Waals surface area (Å²) in [5, 5.41) is 5.81. The van der Waals surface area contributed by atoms with E-state index in [0.717, 1.165) is 17.7 Å². The van der Waals surface area contributed by atoms with E-state index in [2.05, 4.69) is 10.6 Å². The van der Waals surface area contributed by atoms with E-state index in [1.165, 1.54) is 0 Å². The molecule has 0 aromatic heterocycles. The summed E-state index contributed by atoms with van der Waals surface area (Å²) in [6, 6.07) is 7.85. The second-order valence-electron chi connectivity index (χ2n) is 5.63. The highest BCUT2D eigenvalue weighted by Crippen LogP contribution is 2.39. The van der Waals surface area contributed by atoms with Crippen LogP contribution in [0.4, 0.5) is 5.69 Å². The van der Waals surface area contributed by atoms with Gasteiger partial charge in [-0.2, -0.15) is 0 Å². The van der Waals surface area contributed by atoms with Crippen molar-refractivity contribution in [2.75, 3.05) is 5.32 Å². The molecule has 0 radical (unpaired) electrons. The van der Waals surface area contributed by atoms with E-state index in [-0.39, 0.29) is 29.7 Å². The second-order valence-corrected chi connectivity index (χ2v) is 5.63. The molecule has 20 heavy (non-hydrogen) atoms. The van der Waals surface area contributed by atoms with Crippen LogP contribution in [0.25, 0.3) is 0 Å². The van der Waals surface area contributed by atoms with Crippen LogP contribution in [-0.4, -0.2) is 17.9 Å². The predicted molar refractivity (Wildman–Crippen MR) is 79.3 cm³/mol. The van der Waals surface area contributed by atoms with E-state index in [1.54, 1.807) is 0 Å². The number of carbonyl (C=O) groups excluding carboxylic acids is 2. The summed E-state index contributed by atoms with van der Waals surface area (Å²) in [5.41, 5.74) is 1.90. The molecule has 0 spiro atoms. The summed E-state index contributed by atoms with van der Waals surface area (Å²) in [6.07, 6.45) is 1.55. The van der Waals surface area contributed by atoms with Crippen LogP contribution in [0.15, 0.2) is 24.3 Å². The van der Waals surface area contributed by atoms with E-state index in [0.29, 0.717) is 6.42 Å². The minimum atomic E-state index is -0.181. The van der Waals surface area contributed by atoms with Crippen molar-refractivity contribution in [2.45, 2.75) is 39.7 Å². The summed E-state index contributed by atoms with van der Waals surface area (Å²) < 4.78 is 0. The zero-order chi connectivity index (χ0) is 14.7. The van der Waals surface area contributed by atoms with Crippen LogP contribution < -0.4 is 10.6 Å². The van der Waals surface area contributed by atoms with E-state index >= 15 is 0 Å². The van der Waals surface area contributed by atoms with Crippen LogP contribution in [0.1, 0.15) is 32.3 Å². The highest BCUT2D eigenvalue weighted by Gasteiger charge is 2.48. The SMILES string of the molecule is CCC(C)NC(=O)C1CC1C(=O)Nc1cccc(C)c1. The van der Waals surface area contributed by atoms with Gasteiger partial charge in [-0.15, -0.1) is 0 Å². The van der Waals surface area contributed by atoms with Gasteiger partial charge in [0.1, 0.15) is 0 Å². The summed E-state index contributed by atoms with van der Waals surface area (Å²) in [4.78, 5) is 24.0. The first-order valence-electron chi connectivity index (χ1n) is 7.19. The summed E-state index contributed by atoms with van der Waals surface area (Å²) in [5.74, 6) is -0.392. The smallest absolute Gasteiger partial charge is 0.228 e. The maximum Gasteiger partial charge on any atom is 0.228 e. The first kappa shape index (κ1) is 14.6. The average molecular weight is 274 g/mol. The molecule has 2 N–H and O–H groups in total. The molecular formula is C16H22N2O2. The molecule has 0 saturated heterocycles. The Labute approximate surface area is 119 Å². The number of carbonyl (C=O) groups is 2. The van der Waals surface area contributed by atoms with Gasteiger partial charge in [-0.3, -0.25) is 9.59 Å². The van der Waals surface area contributed by atoms with Crippen LogP contribution in [0, 0.1) is 18.8 Å². The molecular weight excluding hydrogens is 252 g/mol. The first-order valence-corrected chi connectivity index (χ1v) is 7.19. The number of anilines is 1. The summed E-state index contributed by atoms with van der Waals surface area (Å²) >= 11 is 0. The third-order valence-electron chi connectivity index (χ3n) is 3.75. The van der Waals surface area contributed by atoms with Crippen molar-refractivity contribution >= 4 is 17.5 Å². The molecule has 108 valence electrons. The lowest BCUT2D eigenvalue weighted by Gasteiger charge is -2.11. The molecule has 4 nitrogen and oxygen atoms in total. The molecule has 1 aliphatic rings. The molecule has 1 aliphatic carbocycles. The van der Waals surface area contributed by atoms with Gasteiger partial charge in [-0.1, -0.05) is 19.1 Å². The monoisotopic (exact) mass is 274 g/mol. The van der Waals surface area contributed by atoms with Crippen molar-refractivity contribution in [1.29, 1.82) is 0 Å². The fourth-order valence-electron chi connectivity index (χ4n) is 2.18. The number of nitrogens with one attached hydrogen (secondary N) is 2. The number of hydrogen-bond acceptors (Lipinski definition) is 2. The standard InChI is InChI=1S/C16H22N2O2/c1-4-11(3)17-15(19)13-9-14(13)16(20)18-12-7-5-6-10(2)8-12/h5-8,11,13-14H,4,9H2,1-3H3,(H,17,19)(H,18,20). The number of benzene rings is 1. The largest absolute Gasteiger partial charge is 0.353 e. The van der Waals surface area contributed by atoms with E-state index in [9.17, 15) is 9.59 Å². The molecule has 1 aromatic rings. The zero-order valence-corrected chi connectivity index (χ0v) is 12.3. The Bertz CT molecular complexity index is 513. The lowest BCUT2D eigenvalue weighted by Crippen LogP contribution is -2.34. The molecule has 4 heteroatoms. The third-order valence-corrected chi connectivity index (χ3v) is 3.75. The van der Waals surface area contributed by atoms with Gasteiger partial charge in [0, 0.05) is 11.7 Å². The highest BCUT2D eigenvalue weighted by molar-refractivity contribution is 5.99. The Morgan fingerprint density at radius 1 is 1.30 bits per heavy atom. The summed E-state index contributed by atoms with van der Waals surface area (Å²) in [7, 11) is 0. The Hall–Kier alpha value is -1.84. The van der Waals surface area contributed by atoms with Crippen LogP contribution in [0.2, 0.25) is 0 Å². The predicted octanol–water partition coefficient (Wildman–Crippen LogP) is 2.48. The van der Waals surface area contributed by atoms with Crippen LogP contribution in [0.3, 0.4) is 0 Å². The molecule has 0 bridgehead atoms. The molecule has 0 aliphatic heterocycles. The van der Waals surface area contributed by atoms with Gasteiger partial charge in [0.2, 0.25) is 11.8 Å². The third kappa shape index (κ3) is 3.59. The molecule has 2 rings (SSSR count). The number of hydrogen-bond donors (Lipinski definition) is 2.